The third-order valence-corrected chi connectivity index (χ3v) is 25.2. The van der Waals surface area contributed by atoms with Crippen molar-refractivity contribution in [2.24, 2.45) is 35.5 Å². The van der Waals surface area contributed by atoms with Gasteiger partial charge in [0.2, 0.25) is 11.8 Å². The highest BCUT2D eigenvalue weighted by Gasteiger charge is 2.41. The number of carbonyl (C=O) groups is 2. The Morgan fingerprint density at radius 1 is 0.446 bits per heavy atom. The predicted octanol–water partition coefficient (Wildman–Crippen LogP) is 14.4. The van der Waals surface area contributed by atoms with Crippen molar-refractivity contribution in [3.05, 3.63) is 137 Å². The molecule has 0 N–H and O–H groups in total. The molecule has 0 aliphatic carbocycles. The third-order valence-electron chi connectivity index (χ3n) is 23.6. The maximum atomic E-state index is 11.9. The number of likely N-dealkylation sites (tertiary alicyclic amines) is 3. The molecule has 31 heteroatoms. The highest BCUT2D eigenvalue weighted by atomic mass is 35.5. The maximum Gasteiger partial charge on any atom is 0.222 e. The number of rotatable bonds is 21. The summed E-state index contributed by atoms with van der Waals surface area (Å²) in [6.45, 7) is 25.1. The number of anilines is 3. The number of benzene rings is 3. The smallest absolute Gasteiger partial charge is 0.222 e. The van der Waals surface area contributed by atoms with Gasteiger partial charge in [-0.3, -0.25) is 9.59 Å². The van der Waals surface area contributed by atoms with Crippen molar-refractivity contribution < 1.29 is 9.59 Å². The molecule has 6 aliphatic rings. The molecule has 0 radical (unpaired) electrons. The van der Waals surface area contributed by atoms with E-state index in [2.05, 4.69) is 91.7 Å². The number of aromatic nitrogens is 12. The Kier molecular flexibility index (Phi) is 26.3. The van der Waals surface area contributed by atoms with Crippen LogP contribution in [0.5, 0.6) is 0 Å². The first-order valence-electron chi connectivity index (χ1n) is 39.0. The van der Waals surface area contributed by atoms with Crippen LogP contribution in [-0.4, -0.2) is 221 Å². The Labute approximate surface area is 685 Å². The molecule has 3 aromatic carbocycles. The SMILES string of the molecule is CC(C)N1CCC[C@@H](C2CN(c3cnc4c(C#N)nn([C@H](C)c5ccc(Cl)cc5Cl)c4n3)C2)C1.C[C@H](c1ccc(Cl)cc1Cl)n1nc(C#N)c2ncc(N3CC([C@@H]4CCCN(CCCC(=O)N(C)C)C4)C3)nc21.C[C@H](c1ccc(Cl)cc1Cl)n1nc(C#N)c2ncc(N3CC([C@H]4CCCN(CCCC(=O)N(C)C)C4)C3)nc21. The van der Waals surface area contributed by atoms with Crippen molar-refractivity contribution in [1.82, 2.24) is 83.7 Å². The van der Waals surface area contributed by atoms with E-state index in [0.717, 1.165) is 131 Å². The Bertz CT molecular complexity index is 4800. The number of fused-ring (bicyclic) bond motifs is 3. The van der Waals surface area contributed by atoms with Crippen LogP contribution in [-0.2, 0) is 9.59 Å². The van der Waals surface area contributed by atoms with Crippen molar-refractivity contribution in [2.45, 2.75) is 123 Å². The van der Waals surface area contributed by atoms with Crippen molar-refractivity contribution >= 4 is 132 Å². The van der Waals surface area contributed by atoms with Gasteiger partial charge in [-0.2, -0.15) is 31.1 Å². The van der Waals surface area contributed by atoms with E-state index in [0.29, 0.717) is 112 Å². The zero-order valence-corrected chi connectivity index (χ0v) is 69.6. The molecule has 0 unspecified atom stereocenters. The minimum atomic E-state index is -0.255. The Hall–Kier alpha value is -8.26. The maximum absolute atomic E-state index is 11.9. The lowest BCUT2D eigenvalue weighted by atomic mass is 9.80. The molecule has 6 fully saturated rings. The average Bonchev–Trinajstić information content (AvgIpc) is 1.68. The highest BCUT2D eigenvalue weighted by Crippen LogP contribution is 2.41. The van der Waals surface area contributed by atoms with Gasteiger partial charge in [0, 0.05) is 136 Å². The lowest BCUT2D eigenvalue weighted by Gasteiger charge is -2.47. The molecule has 2 amide bonds. The normalized spacial score (nSPS) is 19.5. The van der Waals surface area contributed by atoms with E-state index in [4.69, 9.17) is 84.6 Å². The number of carbonyl (C=O) groups excluding carboxylic acids is 2. The number of hydrogen-bond donors (Lipinski definition) is 0. The van der Waals surface area contributed by atoms with Gasteiger partial charge in [-0.15, -0.1) is 0 Å². The zero-order valence-electron chi connectivity index (χ0n) is 65.0. The number of nitriles is 3. The molecule has 12 heterocycles. The van der Waals surface area contributed by atoms with E-state index in [1.165, 1.54) is 51.6 Å². The number of halogens is 6. The number of nitrogens with zero attached hydrogens (tertiary/aromatic N) is 23. The highest BCUT2D eigenvalue weighted by molar-refractivity contribution is 6.36. The van der Waals surface area contributed by atoms with Gasteiger partial charge in [0.05, 0.1) is 36.7 Å². The average molecular weight is 1640 g/mol. The van der Waals surface area contributed by atoms with Gasteiger partial charge in [-0.25, -0.2) is 43.9 Å². The number of hydrogen-bond acceptors (Lipinski definition) is 20. The lowest BCUT2D eigenvalue weighted by Crippen LogP contribution is -2.54. The first-order valence-corrected chi connectivity index (χ1v) is 41.3. The fraction of sp³-hybridized carbons (Fsp3) is 0.531. The summed E-state index contributed by atoms with van der Waals surface area (Å²) in [5, 5.41) is 45.9. The molecule has 15 rings (SSSR count). The van der Waals surface area contributed by atoms with Gasteiger partial charge in [0.1, 0.15) is 52.2 Å². The molecule has 590 valence electrons. The van der Waals surface area contributed by atoms with E-state index in [9.17, 15) is 25.4 Å². The molecule has 9 aromatic rings. The second-order valence-electron chi connectivity index (χ2n) is 31.6. The largest absolute Gasteiger partial charge is 0.355 e. The topological polar surface area (TPSA) is 262 Å². The van der Waals surface area contributed by atoms with Gasteiger partial charge in [-0.1, -0.05) is 87.8 Å². The first-order chi connectivity index (χ1) is 53.8. The Balaban J connectivity index is 0.000000147. The first kappa shape index (κ1) is 81.7. The molecule has 0 bridgehead atoms. The summed E-state index contributed by atoms with van der Waals surface area (Å²) in [6, 6.07) is 22.5. The number of piperidine rings is 3. The molecule has 112 heavy (non-hydrogen) atoms. The van der Waals surface area contributed by atoms with Crippen LogP contribution in [0.1, 0.15) is 151 Å². The van der Waals surface area contributed by atoms with Crippen LogP contribution in [0.15, 0.2) is 73.2 Å². The third kappa shape index (κ3) is 18.3. The summed E-state index contributed by atoms with van der Waals surface area (Å²) >= 11 is 37.7. The van der Waals surface area contributed by atoms with Crippen LogP contribution in [0.2, 0.25) is 30.1 Å². The summed E-state index contributed by atoms with van der Waals surface area (Å²) in [5.74, 6) is 6.79. The van der Waals surface area contributed by atoms with Crippen LogP contribution in [0.3, 0.4) is 0 Å². The van der Waals surface area contributed by atoms with Gasteiger partial charge in [0.15, 0.2) is 34.0 Å². The quantitative estimate of drug-likeness (QED) is 0.0647. The minimum Gasteiger partial charge on any atom is -0.355 e. The van der Waals surface area contributed by atoms with E-state index in [1.54, 1.807) is 78.8 Å². The predicted molar refractivity (Wildman–Crippen MR) is 442 cm³/mol. The summed E-state index contributed by atoms with van der Waals surface area (Å²) in [5.41, 5.74) is 6.56. The standard InChI is InChI=1S/2C28H34Cl2N8O.C25H29Cl2N7/c2*1-18(22-9-8-21(29)12-23(22)30)38-28-27(24(13-31)34-38)32-14-25(33-28)37-16-20(17-37)19-6-4-10-36(15-19)11-5-7-26(39)35(2)3;1-15(2)32-8-4-5-17(12-32)18-13-33(14-18)23-11-29-24-22(10-28)31-34(25(24)30-23)16(3)20-7-6-19(26)9-21(20)27/h2*8-9,12,14,18-20H,4-7,10-11,15-17H2,1-3H3;6-7,9,11,15-18H,4-5,8,12-14H2,1-3H3/t18-,19+;18-,19-;16-,17-/m111/s1. The molecule has 0 saturated carbocycles. The van der Waals surface area contributed by atoms with E-state index in [-0.39, 0.29) is 47.0 Å². The molecule has 0 spiro atoms. The Morgan fingerprint density at radius 2 is 0.759 bits per heavy atom. The second-order valence-corrected chi connectivity index (χ2v) is 34.1. The number of amides is 2. The molecule has 6 aromatic heterocycles. The van der Waals surface area contributed by atoms with Crippen molar-refractivity contribution in [2.75, 3.05) is 135 Å². The molecule has 6 aliphatic heterocycles. The molecular formula is C81H97Cl6N23O2. The summed E-state index contributed by atoms with van der Waals surface area (Å²) in [7, 11) is 7.26. The molecular weight excluding hydrogens is 1540 g/mol. The fourth-order valence-corrected chi connectivity index (χ4v) is 18.4. The van der Waals surface area contributed by atoms with Crippen molar-refractivity contribution in [3.63, 3.8) is 0 Å². The van der Waals surface area contributed by atoms with Crippen LogP contribution in [0, 0.1) is 69.5 Å². The monoisotopic (exact) mass is 1630 g/mol. The lowest BCUT2D eigenvalue weighted by molar-refractivity contribution is -0.129. The van der Waals surface area contributed by atoms with Crippen LogP contribution < -0.4 is 14.7 Å². The summed E-state index contributed by atoms with van der Waals surface area (Å²) < 4.78 is 5.21. The Morgan fingerprint density at radius 3 is 1.05 bits per heavy atom. The van der Waals surface area contributed by atoms with Crippen LogP contribution in [0.4, 0.5) is 17.5 Å². The van der Waals surface area contributed by atoms with Crippen molar-refractivity contribution in [3.8, 4) is 18.2 Å². The summed E-state index contributed by atoms with van der Waals surface area (Å²) in [4.78, 5) is 70.1. The van der Waals surface area contributed by atoms with Gasteiger partial charge < -0.3 is 39.2 Å². The molecule has 25 nitrogen and oxygen atoms in total. The molecule has 6 atom stereocenters. The van der Waals surface area contributed by atoms with Gasteiger partial charge >= 0.3 is 0 Å². The second kappa shape index (κ2) is 36.1. The van der Waals surface area contributed by atoms with E-state index in [1.807, 2.05) is 67.2 Å². The fourth-order valence-electron chi connectivity index (χ4n) is 16.7. The van der Waals surface area contributed by atoms with Gasteiger partial charge in [0.25, 0.3) is 0 Å². The van der Waals surface area contributed by atoms with Crippen LogP contribution in [0.25, 0.3) is 33.5 Å². The van der Waals surface area contributed by atoms with Gasteiger partial charge in [-0.05, 0) is 207 Å². The van der Waals surface area contributed by atoms with E-state index >= 15 is 0 Å². The zero-order chi connectivity index (χ0) is 79.3. The van der Waals surface area contributed by atoms with Crippen LogP contribution >= 0.6 is 69.6 Å². The van der Waals surface area contributed by atoms with E-state index < -0.39 is 0 Å². The van der Waals surface area contributed by atoms with Crippen molar-refractivity contribution in [1.29, 1.82) is 15.8 Å². The summed E-state index contributed by atoms with van der Waals surface area (Å²) in [6.07, 6.45) is 15.8. The minimum absolute atomic E-state index is 0.199. The molecule has 6 saturated heterocycles.